The Kier molecular flexibility index (Phi) is 7.21. The standard InChI is InChI=1S/C26H19ClN6O5S/c27-22-13-14-23(32-31-22)33-39(36,37)17-11-9-16(10-12-17)28-24(34)15-38-26(35)19-6-2-1-5-18(19)25-29-20-7-3-4-8-21(20)30-25/h1-14H,15H2,(H,28,34)(H,29,30)(H,32,33). The first-order valence-corrected chi connectivity index (χ1v) is 13.3. The maximum atomic E-state index is 12.8. The first kappa shape index (κ1) is 25.8. The molecule has 3 N–H and O–H groups in total. The number of nitrogens with one attached hydrogen (secondary N) is 3. The van der Waals surface area contributed by atoms with Gasteiger partial charge in [0.05, 0.1) is 21.5 Å². The van der Waals surface area contributed by atoms with E-state index >= 15 is 0 Å². The highest BCUT2D eigenvalue weighted by atomic mass is 35.5. The fourth-order valence-electron chi connectivity index (χ4n) is 3.64. The van der Waals surface area contributed by atoms with Gasteiger partial charge in [-0.1, -0.05) is 41.9 Å². The number of aromatic nitrogens is 4. The minimum atomic E-state index is -3.94. The lowest BCUT2D eigenvalue weighted by Crippen LogP contribution is -2.21. The average Bonchev–Trinajstić information content (AvgIpc) is 3.37. The van der Waals surface area contributed by atoms with Crippen LogP contribution >= 0.6 is 11.6 Å². The number of hydrogen-bond acceptors (Lipinski definition) is 8. The molecular weight excluding hydrogens is 544 g/mol. The quantitative estimate of drug-likeness (QED) is 0.237. The van der Waals surface area contributed by atoms with Gasteiger partial charge in [-0.05, 0) is 54.6 Å². The first-order chi connectivity index (χ1) is 18.8. The number of anilines is 2. The summed E-state index contributed by atoms with van der Waals surface area (Å²) in [4.78, 5) is 32.8. The van der Waals surface area contributed by atoms with Crippen LogP contribution in [0.2, 0.25) is 5.15 Å². The second kappa shape index (κ2) is 10.9. The lowest BCUT2D eigenvalue weighted by Gasteiger charge is -2.10. The maximum Gasteiger partial charge on any atom is 0.339 e. The van der Waals surface area contributed by atoms with Gasteiger partial charge >= 0.3 is 5.97 Å². The number of amides is 1. The molecule has 11 nitrogen and oxygen atoms in total. The van der Waals surface area contributed by atoms with E-state index in [0.29, 0.717) is 17.1 Å². The molecule has 0 aliphatic heterocycles. The molecule has 0 fully saturated rings. The van der Waals surface area contributed by atoms with E-state index in [4.69, 9.17) is 16.3 Å². The Bertz CT molecular complexity index is 1740. The molecule has 0 spiro atoms. The van der Waals surface area contributed by atoms with Gasteiger partial charge < -0.3 is 15.0 Å². The lowest BCUT2D eigenvalue weighted by molar-refractivity contribution is -0.119. The van der Waals surface area contributed by atoms with Gasteiger partial charge in [0.2, 0.25) is 0 Å². The summed E-state index contributed by atoms with van der Waals surface area (Å²) < 4.78 is 32.6. The van der Waals surface area contributed by atoms with Crippen molar-refractivity contribution in [1.82, 2.24) is 20.2 Å². The molecule has 0 aliphatic carbocycles. The van der Waals surface area contributed by atoms with Crippen LogP contribution in [0.15, 0.2) is 89.8 Å². The second-order valence-electron chi connectivity index (χ2n) is 8.14. The Labute approximate surface area is 227 Å². The summed E-state index contributed by atoms with van der Waals surface area (Å²) in [6.45, 7) is -0.551. The Morgan fingerprint density at radius 2 is 1.64 bits per heavy atom. The number of para-hydroxylation sites is 2. The number of esters is 1. The molecule has 0 saturated heterocycles. The van der Waals surface area contributed by atoms with Crippen molar-refractivity contribution in [2.24, 2.45) is 0 Å². The summed E-state index contributed by atoms with van der Waals surface area (Å²) in [6.07, 6.45) is 0. The van der Waals surface area contributed by atoms with Crippen molar-refractivity contribution in [3.63, 3.8) is 0 Å². The molecule has 2 aromatic heterocycles. The molecule has 0 radical (unpaired) electrons. The van der Waals surface area contributed by atoms with Crippen LogP contribution in [-0.2, 0) is 19.6 Å². The molecular formula is C26H19ClN6O5S. The predicted octanol–water partition coefficient (Wildman–Crippen LogP) is 4.27. The molecule has 3 aromatic carbocycles. The molecule has 0 bridgehead atoms. The summed E-state index contributed by atoms with van der Waals surface area (Å²) in [5, 5.41) is 9.93. The minimum absolute atomic E-state index is 0.000454. The molecule has 39 heavy (non-hydrogen) atoms. The van der Waals surface area contributed by atoms with E-state index in [1.54, 1.807) is 24.3 Å². The predicted molar refractivity (Wildman–Crippen MR) is 145 cm³/mol. The molecule has 196 valence electrons. The third-order valence-electron chi connectivity index (χ3n) is 5.45. The van der Waals surface area contributed by atoms with Crippen LogP contribution in [0.3, 0.4) is 0 Å². The van der Waals surface area contributed by atoms with Crippen molar-refractivity contribution in [3.05, 3.63) is 95.6 Å². The van der Waals surface area contributed by atoms with Crippen molar-refractivity contribution in [1.29, 1.82) is 0 Å². The van der Waals surface area contributed by atoms with E-state index in [1.807, 2.05) is 24.3 Å². The Morgan fingerprint density at radius 1 is 0.897 bits per heavy atom. The van der Waals surface area contributed by atoms with Crippen LogP contribution < -0.4 is 10.0 Å². The Balaban J connectivity index is 1.20. The van der Waals surface area contributed by atoms with Crippen LogP contribution in [0.4, 0.5) is 11.5 Å². The fourth-order valence-corrected chi connectivity index (χ4v) is 4.74. The van der Waals surface area contributed by atoms with Gasteiger partial charge in [-0.2, -0.15) is 0 Å². The third-order valence-corrected chi connectivity index (χ3v) is 7.02. The topological polar surface area (TPSA) is 156 Å². The van der Waals surface area contributed by atoms with Gasteiger partial charge in [0.1, 0.15) is 5.82 Å². The minimum Gasteiger partial charge on any atom is -0.452 e. The van der Waals surface area contributed by atoms with Gasteiger partial charge in [-0.3, -0.25) is 9.52 Å². The zero-order valence-corrected chi connectivity index (χ0v) is 21.5. The molecule has 1 amide bonds. The van der Waals surface area contributed by atoms with Crippen LogP contribution in [-0.4, -0.2) is 47.1 Å². The molecule has 0 saturated carbocycles. The van der Waals surface area contributed by atoms with E-state index in [9.17, 15) is 18.0 Å². The number of fused-ring (bicyclic) bond motifs is 1. The number of nitrogens with zero attached hydrogens (tertiary/aromatic N) is 3. The fraction of sp³-hybridized carbons (Fsp3) is 0.0385. The van der Waals surface area contributed by atoms with Crippen molar-refractivity contribution < 1.29 is 22.7 Å². The highest BCUT2D eigenvalue weighted by Gasteiger charge is 2.18. The van der Waals surface area contributed by atoms with Gasteiger partial charge in [0.15, 0.2) is 17.6 Å². The maximum absolute atomic E-state index is 12.8. The van der Waals surface area contributed by atoms with Gasteiger partial charge in [-0.15, -0.1) is 10.2 Å². The van der Waals surface area contributed by atoms with E-state index in [1.165, 1.54) is 36.4 Å². The van der Waals surface area contributed by atoms with Crippen LogP contribution in [0.25, 0.3) is 22.4 Å². The number of carbonyl (C=O) groups is 2. The molecule has 2 heterocycles. The monoisotopic (exact) mass is 562 g/mol. The highest BCUT2D eigenvalue weighted by Crippen LogP contribution is 2.24. The number of H-pyrrole nitrogens is 1. The number of sulfonamides is 1. The Morgan fingerprint density at radius 3 is 2.38 bits per heavy atom. The number of hydrogen-bond donors (Lipinski definition) is 3. The van der Waals surface area contributed by atoms with Crippen molar-refractivity contribution in [3.8, 4) is 11.4 Å². The number of benzene rings is 3. The van der Waals surface area contributed by atoms with Crippen LogP contribution in [0.1, 0.15) is 10.4 Å². The molecule has 0 unspecified atom stereocenters. The van der Waals surface area contributed by atoms with E-state index in [-0.39, 0.29) is 21.4 Å². The zero-order valence-electron chi connectivity index (χ0n) is 20.0. The number of aromatic amines is 1. The van der Waals surface area contributed by atoms with Gasteiger partial charge in [-0.25, -0.2) is 18.2 Å². The number of carbonyl (C=O) groups excluding carboxylic acids is 2. The summed E-state index contributed by atoms with van der Waals surface area (Å²) in [5.74, 6) is -0.796. The molecule has 5 aromatic rings. The van der Waals surface area contributed by atoms with Crippen molar-refractivity contribution in [2.45, 2.75) is 4.90 Å². The van der Waals surface area contributed by atoms with E-state index < -0.39 is 28.5 Å². The zero-order chi connectivity index (χ0) is 27.4. The van der Waals surface area contributed by atoms with Crippen LogP contribution in [0.5, 0.6) is 0 Å². The normalized spacial score (nSPS) is 11.2. The number of ether oxygens (including phenoxy) is 1. The summed E-state index contributed by atoms with van der Waals surface area (Å²) >= 11 is 5.66. The van der Waals surface area contributed by atoms with Gasteiger partial charge in [0.25, 0.3) is 15.9 Å². The van der Waals surface area contributed by atoms with Gasteiger partial charge in [0, 0.05) is 11.3 Å². The SMILES string of the molecule is O=C(COC(=O)c1ccccc1-c1nc2ccccc2[nH]1)Nc1ccc(S(=O)(=O)Nc2ccc(Cl)nn2)cc1. The number of imidazole rings is 1. The van der Waals surface area contributed by atoms with Crippen molar-refractivity contribution in [2.75, 3.05) is 16.6 Å². The van der Waals surface area contributed by atoms with E-state index in [0.717, 1.165) is 11.0 Å². The highest BCUT2D eigenvalue weighted by molar-refractivity contribution is 7.92. The molecule has 0 aliphatic rings. The number of rotatable bonds is 8. The van der Waals surface area contributed by atoms with E-state index in [2.05, 4.69) is 30.2 Å². The first-order valence-electron chi connectivity index (χ1n) is 11.4. The molecule has 13 heteroatoms. The summed E-state index contributed by atoms with van der Waals surface area (Å²) in [7, 11) is -3.94. The average molecular weight is 563 g/mol. The third kappa shape index (κ3) is 6.03. The summed E-state index contributed by atoms with van der Waals surface area (Å²) in [6, 6.07) is 22.4. The smallest absolute Gasteiger partial charge is 0.339 e. The largest absolute Gasteiger partial charge is 0.452 e. The Hall–Kier alpha value is -4.81. The van der Waals surface area contributed by atoms with Crippen LogP contribution in [0, 0.1) is 0 Å². The van der Waals surface area contributed by atoms with Crippen molar-refractivity contribution >= 4 is 56.0 Å². The number of halogens is 1. The second-order valence-corrected chi connectivity index (χ2v) is 10.2. The summed E-state index contributed by atoms with van der Waals surface area (Å²) in [5.41, 5.74) is 2.67. The lowest BCUT2D eigenvalue weighted by atomic mass is 10.1. The molecule has 5 rings (SSSR count). The molecule has 0 atom stereocenters.